The van der Waals surface area contributed by atoms with Crippen molar-refractivity contribution in [2.24, 2.45) is 0 Å². The van der Waals surface area contributed by atoms with Crippen LogP contribution in [0.4, 0.5) is 0 Å². The van der Waals surface area contributed by atoms with Crippen LogP contribution in [-0.2, 0) is 24.4 Å². The van der Waals surface area contributed by atoms with Crippen LogP contribution in [0.5, 0.6) is 5.75 Å². The van der Waals surface area contributed by atoms with Crippen molar-refractivity contribution in [2.75, 3.05) is 7.11 Å². The first-order valence-electron chi connectivity index (χ1n) is 11.1. The van der Waals surface area contributed by atoms with Gasteiger partial charge >= 0.3 is 5.97 Å². The molecule has 0 aliphatic carbocycles. The monoisotopic (exact) mass is 429 g/mol. The molecule has 4 rings (SSSR count). The summed E-state index contributed by atoms with van der Waals surface area (Å²) in [5.74, 6) is 0.475. The lowest BCUT2D eigenvalue weighted by atomic mass is 10.2. The minimum Gasteiger partial charge on any atom is -0.489 e. The van der Waals surface area contributed by atoms with Crippen LogP contribution in [0.15, 0.2) is 85.2 Å². The van der Waals surface area contributed by atoms with E-state index in [-0.39, 0.29) is 5.97 Å². The van der Waals surface area contributed by atoms with Crippen molar-refractivity contribution < 1.29 is 18.8 Å². The number of pyridine rings is 1. The second-order valence-corrected chi connectivity index (χ2v) is 7.84. The maximum atomic E-state index is 12.4. The van der Waals surface area contributed by atoms with Gasteiger partial charge in [0.1, 0.15) is 24.6 Å². The Labute approximate surface area is 188 Å². The smallest absolute Gasteiger partial charge is 0.354 e. The first-order valence-corrected chi connectivity index (χ1v) is 11.1. The van der Waals surface area contributed by atoms with Crippen molar-refractivity contribution in [2.45, 2.75) is 39.0 Å². The Bertz CT molecular complexity index is 1150. The number of carbonyl (C=O) groups is 1. The van der Waals surface area contributed by atoms with Crippen LogP contribution in [0.25, 0.3) is 10.9 Å². The minimum absolute atomic E-state index is 0.312. The normalized spacial score (nSPS) is 10.9. The van der Waals surface area contributed by atoms with E-state index in [1.54, 1.807) is 0 Å². The van der Waals surface area contributed by atoms with Crippen molar-refractivity contribution in [3.63, 3.8) is 0 Å². The van der Waals surface area contributed by atoms with Gasteiger partial charge in [0, 0.05) is 36.0 Å². The third-order valence-electron chi connectivity index (χ3n) is 5.59. The van der Waals surface area contributed by atoms with Crippen molar-refractivity contribution in [1.82, 2.24) is 4.57 Å². The summed E-state index contributed by atoms with van der Waals surface area (Å²) in [7, 11) is 1.43. The van der Waals surface area contributed by atoms with E-state index in [1.165, 1.54) is 7.11 Å². The van der Waals surface area contributed by atoms with Crippen LogP contribution in [0.2, 0.25) is 0 Å². The molecule has 4 aromatic rings. The summed E-state index contributed by atoms with van der Waals surface area (Å²) < 4.78 is 15.3. The van der Waals surface area contributed by atoms with Gasteiger partial charge in [-0.05, 0) is 42.7 Å². The number of unbranched alkanes of at least 4 members (excludes halogenated alkanes) is 2. The number of hydrogen-bond donors (Lipinski definition) is 0. The molecule has 0 saturated carbocycles. The molecule has 0 amide bonds. The van der Waals surface area contributed by atoms with Crippen molar-refractivity contribution >= 4 is 16.9 Å². The van der Waals surface area contributed by atoms with Crippen molar-refractivity contribution in [3.05, 3.63) is 96.4 Å². The Balaban J connectivity index is 1.43. The first-order chi connectivity index (χ1) is 15.7. The van der Waals surface area contributed by atoms with E-state index in [4.69, 9.17) is 9.47 Å². The fraction of sp³-hybridized carbons (Fsp3) is 0.259. The number of rotatable bonds is 10. The number of benzene rings is 2. The van der Waals surface area contributed by atoms with Gasteiger partial charge in [-0.2, -0.15) is 0 Å². The van der Waals surface area contributed by atoms with Gasteiger partial charge < -0.3 is 14.0 Å². The zero-order valence-corrected chi connectivity index (χ0v) is 18.4. The van der Waals surface area contributed by atoms with Crippen LogP contribution >= 0.6 is 0 Å². The van der Waals surface area contributed by atoms with Gasteiger partial charge in [-0.25, -0.2) is 9.36 Å². The topological polar surface area (TPSA) is 44.3 Å². The summed E-state index contributed by atoms with van der Waals surface area (Å²) in [5.41, 5.74) is 2.73. The first kappa shape index (κ1) is 21.6. The molecule has 0 fully saturated rings. The molecule has 164 valence electrons. The Morgan fingerprint density at radius 2 is 1.69 bits per heavy atom. The van der Waals surface area contributed by atoms with Crippen LogP contribution in [0, 0.1) is 0 Å². The van der Waals surface area contributed by atoms with Gasteiger partial charge in [0.2, 0.25) is 0 Å². The molecular weight excluding hydrogens is 400 g/mol. The number of nitrogens with zero attached hydrogens (tertiary/aromatic N) is 2. The summed E-state index contributed by atoms with van der Waals surface area (Å²) in [6, 6.07) is 24.1. The van der Waals surface area contributed by atoms with Gasteiger partial charge in [-0.3, -0.25) is 0 Å². The maximum Gasteiger partial charge on any atom is 0.354 e. The molecule has 0 bridgehead atoms. The Kier molecular flexibility index (Phi) is 7.18. The highest BCUT2D eigenvalue weighted by molar-refractivity contribution is 5.96. The lowest BCUT2D eigenvalue weighted by molar-refractivity contribution is -0.697. The van der Waals surface area contributed by atoms with Crippen LogP contribution < -0.4 is 9.30 Å². The third kappa shape index (κ3) is 5.35. The molecule has 32 heavy (non-hydrogen) atoms. The molecule has 0 spiro atoms. The molecule has 2 aromatic carbocycles. The van der Waals surface area contributed by atoms with Crippen molar-refractivity contribution in [3.8, 4) is 5.75 Å². The fourth-order valence-electron chi connectivity index (χ4n) is 3.92. The molecule has 5 heteroatoms. The predicted octanol–water partition coefficient (Wildman–Crippen LogP) is 5.16. The van der Waals surface area contributed by atoms with E-state index >= 15 is 0 Å². The quantitative estimate of drug-likeness (QED) is 0.199. The predicted molar refractivity (Wildman–Crippen MR) is 125 cm³/mol. The molecule has 2 aromatic heterocycles. The van der Waals surface area contributed by atoms with E-state index in [9.17, 15) is 4.79 Å². The summed E-state index contributed by atoms with van der Waals surface area (Å²) in [4.78, 5) is 12.4. The fourth-order valence-corrected chi connectivity index (χ4v) is 3.92. The van der Waals surface area contributed by atoms with E-state index in [1.807, 2.05) is 72.8 Å². The van der Waals surface area contributed by atoms with E-state index in [0.717, 1.165) is 54.6 Å². The number of aromatic nitrogens is 2. The maximum absolute atomic E-state index is 12.4. The number of fused-ring (bicyclic) bond motifs is 1. The average molecular weight is 430 g/mol. The number of methoxy groups -OCH3 is 1. The zero-order valence-electron chi connectivity index (χ0n) is 18.4. The summed E-state index contributed by atoms with van der Waals surface area (Å²) in [5, 5.41) is 0.982. The standard InChI is InChI=1S/C27H29N2O3/c1-31-27(30)26-20-23-19-24(32-21-22-11-5-2-6-12-22)13-14-25(23)29(26)18-10-4-9-17-28-15-7-3-8-16-28/h2-3,5-8,11-16,19-20H,4,9-10,17-18,21H2,1H3/q+1. The number of hydrogen-bond acceptors (Lipinski definition) is 3. The lowest BCUT2D eigenvalue weighted by Crippen LogP contribution is -2.32. The van der Waals surface area contributed by atoms with Gasteiger partial charge in [-0.1, -0.05) is 36.4 Å². The highest BCUT2D eigenvalue weighted by Crippen LogP contribution is 2.26. The molecule has 0 saturated heterocycles. The zero-order chi connectivity index (χ0) is 22.2. The van der Waals surface area contributed by atoms with Crippen LogP contribution in [0.1, 0.15) is 35.3 Å². The van der Waals surface area contributed by atoms with E-state index in [2.05, 4.69) is 21.5 Å². The number of ether oxygens (including phenoxy) is 2. The Morgan fingerprint density at radius 3 is 2.47 bits per heavy atom. The highest BCUT2D eigenvalue weighted by Gasteiger charge is 2.16. The molecule has 0 aliphatic rings. The van der Waals surface area contributed by atoms with Gasteiger partial charge in [-0.15, -0.1) is 0 Å². The molecule has 0 radical (unpaired) electrons. The molecule has 0 aliphatic heterocycles. The number of esters is 1. The van der Waals surface area contributed by atoms with Crippen LogP contribution in [0.3, 0.4) is 0 Å². The lowest BCUT2D eigenvalue weighted by Gasteiger charge is -2.10. The van der Waals surface area contributed by atoms with Crippen molar-refractivity contribution in [1.29, 1.82) is 0 Å². The van der Waals surface area contributed by atoms with Gasteiger partial charge in [0.15, 0.2) is 12.4 Å². The summed E-state index contributed by atoms with van der Waals surface area (Å²) in [6.45, 7) is 2.28. The SMILES string of the molecule is COC(=O)c1cc2cc(OCc3ccccc3)ccc2n1CCCCC[n+]1ccccc1. The number of aryl methyl sites for hydroxylation is 2. The molecule has 0 N–H and O–H groups in total. The van der Waals surface area contributed by atoms with Gasteiger partial charge in [0.25, 0.3) is 0 Å². The summed E-state index contributed by atoms with van der Waals surface area (Å²) >= 11 is 0. The third-order valence-corrected chi connectivity index (χ3v) is 5.59. The number of carbonyl (C=O) groups excluding carboxylic acids is 1. The van der Waals surface area contributed by atoms with E-state index < -0.39 is 0 Å². The average Bonchev–Trinajstić information content (AvgIpc) is 3.21. The van der Waals surface area contributed by atoms with Crippen LogP contribution in [-0.4, -0.2) is 17.6 Å². The summed E-state index contributed by atoms with van der Waals surface area (Å²) in [6.07, 6.45) is 7.35. The van der Waals surface area contributed by atoms with Gasteiger partial charge in [0.05, 0.1) is 7.11 Å². The largest absolute Gasteiger partial charge is 0.489 e. The molecule has 0 atom stereocenters. The second kappa shape index (κ2) is 10.6. The Morgan fingerprint density at radius 1 is 0.906 bits per heavy atom. The second-order valence-electron chi connectivity index (χ2n) is 7.84. The Hall–Kier alpha value is -3.60. The van der Waals surface area contributed by atoms with E-state index in [0.29, 0.717) is 12.3 Å². The molecule has 2 heterocycles. The molecule has 0 unspecified atom stereocenters. The molecule has 5 nitrogen and oxygen atoms in total. The molecular formula is C27H29N2O3+. The minimum atomic E-state index is -0.312. The highest BCUT2D eigenvalue weighted by atomic mass is 16.5.